The lowest BCUT2D eigenvalue weighted by molar-refractivity contribution is -0.134. The molecular formula is C16H26N4O. The minimum Gasteiger partial charge on any atom is -0.341 e. The monoisotopic (exact) mass is 290 g/mol. The van der Waals surface area contributed by atoms with Crippen molar-refractivity contribution in [2.45, 2.75) is 39.7 Å². The molecule has 5 heteroatoms. The van der Waals surface area contributed by atoms with Crippen LogP contribution in [0.2, 0.25) is 0 Å². The normalized spacial score (nSPS) is 27.3. The van der Waals surface area contributed by atoms with Crippen LogP contribution in [-0.4, -0.2) is 46.8 Å². The molecule has 116 valence electrons. The average molecular weight is 290 g/mol. The fraction of sp³-hybridized carbons (Fsp3) is 0.750. The van der Waals surface area contributed by atoms with E-state index in [1.165, 1.54) is 0 Å². The third-order valence-electron chi connectivity index (χ3n) is 5.10. The highest BCUT2D eigenvalue weighted by molar-refractivity contribution is 5.80. The molecule has 1 unspecified atom stereocenters. The Hall–Kier alpha value is -1.36. The van der Waals surface area contributed by atoms with Gasteiger partial charge in [0, 0.05) is 18.8 Å². The van der Waals surface area contributed by atoms with Crippen LogP contribution in [0.4, 0.5) is 0 Å². The van der Waals surface area contributed by atoms with E-state index in [0.717, 1.165) is 62.2 Å². The number of amides is 1. The second-order valence-electron chi connectivity index (χ2n) is 6.63. The summed E-state index contributed by atoms with van der Waals surface area (Å²) in [7, 11) is 0. The molecule has 1 aromatic heterocycles. The average Bonchev–Trinajstić information content (AvgIpc) is 2.98. The largest absolute Gasteiger partial charge is 0.341 e. The van der Waals surface area contributed by atoms with Crippen molar-refractivity contribution < 1.29 is 4.79 Å². The topological polar surface area (TPSA) is 50.2 Å². The van der Waals surface area contributed by atoms with Crippen LogP contribution in [0.3, 0.4) is 0 Å². The zero-order valence-corrected chi connectivity index (χ0v) is 13.3. The number of likely N-dealkylation sites (tertiary alicyclic amines) is 1. The third kappa shape index (κ3) is 2.84. The maximum absolute atomic E-state index is 12.8. The number of carbonyl (C=O) groups excluding carboxylic acids is 1. The summed E-state index contributed by atoms with van der Waals surface area (Å²) in [6.45, 7) is 9.99. The first-order valence-electron chi connectivity index (χ1n) is 8.08. The number of hydrogen-bond acceptors (Lipinski definition) is 3. The Balaban J connectivity index is 1.68. The lowest BCUT2D eigenvalue weighted by Crippen LogP contribution is -2.38. The van der Waals surface area contributed by atoms with E-state index >= 15 is 0 Å². The summed E-state index contributed by atoms with van der Waals surface area (Å²) >= 11 is 0. The number of rotatable bonds is 2. The first-order chi connectivity index (χ1) is 10.1. The molecule has 5 nitrogen and oxygen atoms in total. The fourth-order valence-electron chi connectivity index (χ4n) is 3.85. The number of hydrogen-bond donors (Lipinski definition) is 1. The predicted octanol–water partition coefficient (Wildman–Crippen LogP) is 1.52. The number of fused-ring (bicyclic) bond motifs is 1. The summed E-state index contributed by atoms with van der Waals surface area (Å²) < 4.78 is 1.87. The molecule has 1 aromatic rings. The first kappa shape index (κ1) is 14.6. The van der Waals surface area contributed by atoms with E-state index in [-0.39, 0.29) is 11.9 Å². The van der Waals surface area contributed by atoms with Crippen LogP contribution in [0, 0.1) is 25.7 Å². The van der Waals surface area contributed by atoms with Crippen molar-refractivity contribution in [3.8, 4) is 0 Å². The maximum Gasteiger partial charge on any atom is 0.247 e. The molecule has 0 aliphatic carbocycles. The molecule has 2 aliphatic heterocycles. The Morgan fingerprint density at radius 3 is 2.43 bits per heavy atom. The van der Waals surface area contributed by atoms with E-state index in [2.05, 4.69) is 15.3 Å². The molecule has 3 atom stereocenters. The smallest absolute Gasteiger partial charge is 0.247 e. The summed E-state index contributed by atoms with van der Waals surface area (Å²) in [4.78, 5) is 14.8. The van der Waals surface area contributed by atoms with Gasteiger partial charge in [-0.2, -0.15) is 5.10 Å². The fourth-order valence-corrected chi connectivity index (χ4v) is 3.85. The molecule has 2 fully saturated rings. The second kappa shape index (κ2) is 5.79. The van der Waals surface area contributed by atoms with Crippen molar-refractivity contribution in [3.05, 3.63) is 17.5 Å². The minimum absolute atomic E-state index is 0.199. The van der Waals surface area contributed by atoms with Gasteiger partial charge in [-0.05, 0) is 64.6 Å². The third-order valence-corrected chi connectivity index (χ3v) is 5.10. The molecule has 0 saturated carbocycles. The Morgan fingerprint density at radius 2 is 1.90 bits per heavy atom. The van der Waals surface area contributed by atoms with Crippen molar-refractivity contribution in [2.75, 3.05) is 26.2 Å². The van der Waals surface area contributed by atoms with Crippen molar-refractivity contribution in [1.82, 2.24) is 20.0 Å². The number of carbonyl (C=O) groups is 1. The van der Waals surface area contributed by atoms with Crippen molar-refractivity contribution >= 4 is 5.91 Å². The lowest BCUT2D eigenvalue weighted by Gasteiger charge is -2.25. The molecule has 3 rings (SSSR count). The van der Waals surface area contributed by atoms with Crippen LogP contribution >= 0.6 is 0 Å². The Bertz CT molecular complexity index is 510. The van der Waals surface area contributed by atoms with E-state index < -0.39 is 0 Å². The van der Waals surface area contributed by atoms with Gasteiger partial charge in [-0.15, -0.1) is 0 Å². The predicted molar refractivity (Wildman–Crippen MR) is 82.1 cm³/mol. The molecule has 1 N–H and O–H groups in total. The second-order valence-corrected chi connectivity index (χ2v) is 6.63. The summed E-state index contributed by atoms with van der Waals surface area (Å²) in [5.74, 6) is 1.73. The zero-order valence-electron chi connectivity index (χ0n) is 13.3. The first-order valence-corrected chi connectivity index (χ1v) is 8.08. The van der Waals surface area contributed by atoms with Crippen molar-refractivity contribution in [2.24, 2.45) is 11.8 Å². The van der Waals surface area contributed by atoms with Crippen LogP contribution in [0.15, 0.2) is 6.07 Å². The highest BCUT2D eigenvalue weighted by Crippen LogP contribution is 2.28. The van der Waals surface area contributed by atoms with E-state index in [0.29, 0.717) is 0 Å². The van der Waals surface area contributed by atoms with Gasteiger partial charge in [-0.3, -0.25) is 9.48 Å². The van der Waals surface area contributed by atoms with Crippen LogP contribution in [0.1, 0.15) is 37.2 Å². The van der Waals surface area contributed by atoms with Crippen LogP contribution in [-0.2, 0) is 4.79 Å². The highest BCUT2D eigenvalue weighted by atomic mass is 16.2. The molecule has 2 aliphatic rings. The van der Waals surface area contributed by atoms with Crippen LogP contribution < -0.4 is 5.32 Å². The molecule has 2 saturated heterocycles. The van der Waals surface area contributed by atoms with Crippen molar-refractivity contribution in [3.63, 3.8) is 0 Å². The van der Waals surface area contributed by atoms with Gasteiger partial charge in [0.2, 0.25) is 5.91 Å². The zero-order chi connectivity index (χ0) is 15.0. The van der Waals surface area contributed by atoms with Gasteiger partial charge in [0.1, 0.15) is 6.04 Å². The van der Waals surface area contributed by atoms with E-state index in [4.69, 9.17) is 0 Å². The molecule has 0 aromatic carbocycles. The van der Waals surface area contributed by atoms with Crippen LogP contribution in [0.5, 0.6) is 0 Å². The molecule has 21 heavy (non-hydrogen) atoms. The van der Waals surface area contributed by atoms with Gasteiger partial charge in [-0.25, -0.2) is 0 Å². The SMILES string of the molecule is Cc1cc(C)n(C(C)C(=O)N2CC[C@@H]3CNC[C@@H]3CC2)n1. The quantitative estimate of drug-likeness (QED) is 0.898. The Morgan fingerprint density at radius 1 is 1.29 bits per heavy atom. The van der Waals surface area contributed by atoms with Gasteiger partial charge in [-0.1, -0.05) is 0 Å². The van der Waals surface area contributed by atoms with Gasteiger partial charge in [0.15, 0.2) is 0 Å². The summed E-state index contributed by atoms with van der Waals surface area (Å²) in [5, 5.41) is 7.94. The highest BCUT2D eigenvalue weighted by Gasteiger charge is 2.33. The van der Waals surface area contributed by atoms with E-state index in [1.807, 2.05) is 31.5 Å². The van der Waals surface area contributed by atoms with Gasteiger partial charge in [0.25, 0.3) is 0 Å². The number of aromatic nitrogens is 2. The molecule has 0 bridgehead atoms. The van der Waals surface area contributed by atoms with Gasteiger partial charge >= 0.3 is 0 Å². The molecule has 3 heterocycles. The number of nitrogens with zero attached hydrogens (tertiary/aromatic N) is 3. The van der Waals surface area contributed by atoms with E-state index in [9.17, 15) is 4.79 Å². The van der Waals surface area contributed by atoms with Crippen LogP contribution in [0.25, 0.3) is 0 Å². The molecule has 0 spiro atoms. The van der Waals surface area contributed by atoms with E-state index in [1.54, 1.807) is 0 Å². The minimum atomic E-state index is -0.199. The molecule has 0 radical (unpaired) electrons. The van der Waals surface area contributed by atoms with Crippen molar-refractivity contribution in [1.29, 1.82) is 0 Å². The van der Waals surface area contributed by atoms with Gasteiger partial charge in [0.05, 0.1) is 5.69 Å². The summed E-state index contributed by atoms with van der Waals surface area (Å²) in [6, 6.07) is 1.83. The maximum atomic E-state index is 12.8. The number of aryl methyl sites for hydroxylation is 2. The Labute approximate surface area is 126 Å². The Kier molecular flexibility index (Phi) is 4.02. The standard InChI is InChI=1S/C16H26N4O/c1-11-8-12(2)20(18-11)13(3)16(21)19-6-4-14-9-17-10-15(14)5-7-19/h8,13-15,17H,4-7,9-10H2,1-3H3/t13?,14-,15+. The molecule has 1 amide bonds. The summed E-state index contributed by atoms with van der Waals surface area (Å²) in [5.41, 5.74) is 2.04. The lowest BCUT2D eigenvalue weighted by atomic mass is 9.92. The molecular weight excluding hydrogens is 264 g/mol. The summed E-state index contributed by atoms with van der Waals surface area (Å²) in [6.07, 6.45) is 2.26. The van der Waals surface area contributed by atoms with Gasteiger partial charge < -0.3 is 10.2 Å². The number of nitrogens with one attached hydrogen (secondary N) is 1.